The van der Waals surface area contributed by atoms with Crippen molar-refractivity contribution in [1.82, 2.24) is 4.84 Å². The maximum Gasteiger partial charge on any atom is 0.427 e. The van der Waals surface area contributed by atoms with Crippen molar-refractivity contribution < 1.29 is 13.9 Å². The lowest BCUT2D eigenvalue weighted by Gasteiger charge is -2.00. The van der Waals surface area contributed by atoms with Crippen LogP contribution < -0.4 is 9.57 Å². The summed E-state index contributed by atoms with van der Waals surface area (Å²) in [5.41, 5.74) is 0. The second kappa shape index (κ2) is 3.92. The van der Waals surface area contributed by atoms with E-state index in [-0.39, 0.29) is 5.75 Å². The van der Waals surface area contributed by atoms with Gasteiger partial charge in [-0.1, -0.05) is 0 Å². The van der Waals surface area contributed by atoms with E-state index in [1.807, 2.05) is 0 Å². The third-order valence-electron chi connectivity index (χ3n) is 1.10. The second-order valence-corrected chi connectivity index (χ2v) is 2.13. The number of ether oxygens (including phenoxy) is 1. The average Bonchev–Trinajstić information content (AvgIpc) is 2.09. The molecule has 0 heterocycles. The molecular weight excluding hydrogens is 185 g/mol. The van der Waals surface area contributed by atoms with Crippen LogP contribution in [0.5, 0.6) is 5.75 Å². The molecule has 0 spiro atoms. The van der Waals surface area contributed by atoms with Crippen LogP contribution >= 0.6 is 11.8 Å². The van der Waals surface area contributed by atoms with Crippen molar-refractivity contribution in [3.63, 3.8) is 0 Å². The Labute approximate surface area is 73.2 Å². The zero-order valence-corrected chi connectivity index (χ0v) is 6.64. The number of nitrogens with one attached hydrogen (secondary N) is 1. The number of benzene rings is 1. The van der Waals surface area contributed by atoms with Crippen LogP contribution in [0.3, 0.4) is 0 Å². The van der Waals surface area contributed by atoms with Gasteiger partial charge in [-0.2, -0.15) is 0 Å². The van der Waals surface area contributed by atoms with Crippen molar-refractivity contribution in [3.05, 3.63) is 30.1 Å². The number of rotatable bonds is 1. The first-order chi connectivity index (χ1) is 5.72. The van der Waals surface area contributed by atoms with Gasteiger partial charge in [0.1, 0.15) is 11.6 Å². The van der Waals surface area contributed by atoms with E-state index in [9.17, 15) is 9.18 Å². The Kier molecular flexibility index (Phi) is 2.88. The summed E-state index contributed by atoms with van der Waals surface area (Å²) in [6.07, 6.45) is -0.803. The fourth-order valence-corrected chi connectivity index (χ4v) is 0.668. The van der Waals surface area contributed by atoms with Crippen LogP contribution in [0.1, 0.15) is 0 Å². The number of carbonyl (C=O) groups is 1. The van der Waals surface area contributed by atoms with Crippen LogP contribution in [-0.2, 0) is 0 Å². The topological polar surface area (TPSA) is 38.3 Å². The maximum absolute atomic E-state index is 12.3. The molecule has 1 aromatic rings. The summed E-state index contributed by atoms with van der Waals surface area (Å²) in [4.78, 5) is 12.3. The minimum atomic E-state index is -0.803. The number of hydrogen-bond donors (Lipinski definition) is 1. The lowest BCUT2D eigenvalue weighted by molar-refractivity contribution is 0.207. The molecule has 5 heteroatoms. The molecule has 0 fully saturated rings. The van der Waals surface area contributed by atoms with Crippen molar-refractivity contribution in [3.8, 4) is 5.75 Å². The number of carbonyl (C=O) groups excluding carboxylic acids is 1. The molecule has 0 unspecified atom stereocenters. The van der Waals surface area contributed by atoms with Gasteiger partial charge in [0.25, 0.3) is 0 Å². The zero-order chi connectivity index (χ0) is 8.97. The molecule has 0 aliphatic heterocycles. The molecule has 0 aromatic heterocycles. The van der Waals surface area contributed by atoms with Crippen molar-refractivity contribution in [2.75, 3.05) is 0 Å². The average molecular weight is 190 g/mol. The molecule has 1 amide bonds. The molecule has 0 aliphatic carbocycles. The summed E-state index contributed by atoms with van der Waals surface area (Å²) in [5.74, 6) is -0.164. The predicted octanol–water partition coefficient (Wildman–Crippen LogP) is 2.07. The highest BCUT2D eigenvalue weighted by Gasteiger charge is 2.00. The van der Waals surface area contributed by atoms with Gasteiger partial charge in [0.15, 0.2) is 0 Å². The molecule has 0 saturated heterocycles. The van der Waals surface area contributed by atoms with Gasteiger partial charge in [0.2, 0.25) is 0 Å². The monoisotopic (exact) mass is 189 g/mol. The van der Waals surface area contributed by atoms with Crippen LogP contribution in [0.4, 0.5) is 9.18 Å². The SMILES string of the molecule is O=C(NCl)Oc1ccc(F)cc1. The fourth-order valence-electron chi connectivity index (χ4n) is 0.629. The van der Waals surface area contributed by atoms with Gasteiger partial charge >= 0.3 is 6.09 Å². The van der Waals surface area contributed by atoms with E-state index in [1.54, 1.807) is 4.84 Å². The Bertz CT molecular complexity index is 275. The van der Waals surface area contributed by atoms with Gasteiger partial charge in [0, 0.05) is 11.8 Å². The summed E-state index contributed by atoms with van der Waals surface area (Å²) in [6.45, 7) is 0. The molecule has 1 N–H and O–H groups in total. The molecule has 0 aliphatic rings. The van der Waals surface area contributed by atoms with Crippen molar-refractivity contribution in [2.24, 2.45) is 0 Å². The lowest BCUT2D eigenvalue weighted by Crippen LogP contribution is -2.17. The Balaban J connectivity index is 2.64. The molecule has 0 bridgehead atoms. The van der Waals surface area contributed by atoms with Gasteiger partial charge in [-0.25, -0.2) is 14.0 Å². The smallest absolute Gasteiger partial charge is 0.409 e. The summed E-state index contributed by atoms with van der Waals surface area (Å²) in [7, 11) is 0. The van der Waals surface area contributed by atoms with Crippen LogP contribution in [0.2, 0.25) is 0 Å². The number of hydrogen-bond acceptors (Lipinski definition) is 2. The maximum atomic E-state index is 12.3. The van der Waals surface area contributed by atoms with E-state index < -0.39 is 11.9 Å². The molecule has 0 saturated carbocycles. The van der Waals surface area contributed by atoms with Crippen LogP contribution in [0.15, 0.2) is 24.3 Å². The molecule has 1 aromatic carbocycles. The third-order valence-corrected chi connectivity index (χ3v) is 1.26. The van der Waals surface area contributed by atoms with Crippen LogP contribution in [0, 0.1) is 5.82 Å². The molecule has 1 rings (SSSR count). The van der Waals surface area contributed by atoms with Gasteiger partial charge in [-0.3, -0.25) is 0 Å². The molecule has 0 atom stereocenters. The van der Waals surface area contributed by atoms with Gasteiger partial charge in [-0.05, 0) is 24.3 Å². The van der Waals surface area contributed by atoms with E-state index in [0.717, 1.165) is 0 Å². The second-order valence-electron chi connectivity index (χ2n) is 1.94. The lowest BCUT2D eigenvalue weighted by atomic mass is 10.3. The Morgan fingerprint density at radius 3 is 2.50 bits per heavy atom. The molecule has 3 nitrogen and oxygen atoms in total. The van der Waals surface area contributed by atoms with Crippen LogP contribution in [0.25, 0.3) is 0 Å². The van der Waals surface area contributed by atoms with Crippen LogP contribution in [-0.4, -0.2) is 6.09 Å². The van der Waals surface area contributed by atoms with Gasteiger partial charge in [0.05, 0.1) is 0 Å². The van der Waals surface area contributed by atoms with E-state index in [2.05, 4.69) is 4.74 Å². The predicted molar refractivity (Wildman–Crippen MR) is 41.4 cm³/mol. The minimum Gasteiger partial charge on any atom is -0.409 e. The standard InChI is InChI=1S/C7H5ClFNO2/c8-10-7(11)12-6-3-1-5(9)2-4-6/h1-4H,(H,10,11). The van der Waals surface area contributed by atoms with Gasteiger partial charge < -0.3 is 4.74 Å². The Hall–Kier alpha value is -1.29. The highest BCUT2D eigenvalue weighted by Crippen LogP contribution is 2.10. The number of halogens is 2. The largest absolute Gasteiger partial charge is 0.427 e. The summed E-state index contributed by atoms with van der Waals surface area (Å²) >= 11 is 4.93. The third kappa shape index (κ3) is 2.39. The van der Waals surface area contributed by atoms with Gasteiger partial charge in [-0.15, -0.1) is 0 Å². The number of amides is 1. The quantitative estimate of drug-likeness (QED) is 0.687. The van der Waals surface area contributed by atoms with E-state index >= 15 is 0 Å². The van der Waals surface area contributed by atoms with Crippen molar-refractivity contribution in [1.29, 1.82) is 0 Å². The first kappa shape index (κ1) is 8.80. The Morgan fingerprint density at radius 1 is 1.42 bits per heavy atom. The zero-order valence-electron chi connectivity index (χ0n) is 5.88. The minimum absolute atomic E-state index is 0.231. The van der Waals surface area contributed by atoms with E-state index in [0.29, 0.717) is 0 Å². The summed E-state index contributed by atoms with van der Waals surface area (Å²) in [6, 6.07) is 5.00. The molecule has 0 radical (unpaired) electrons. The first-order valence-corrected chi connectivity index (χ1v) is 3.44. The summed E-state index contributed by atoms with van der Waals surface area (Å²) < 4.78 is 16.9. The van der Waals surface area contributed by atoms with E-state index in [4.69, 9.17) is 11.8 Å². The molecular formula is C7H5ClFNO2. The normalized spacial score (nSPS) is 9.17. The highest BCUT2D eigenvalue weighted by molar-refractivity contribution is 6.20. The highest BCUT2D eigenvalue weighted by atomic mass is 35.5. The van der Waals surface area contributed by atoms with Crippen molar-refractivity contribution in [2.45, 2.75) is 0 Å². The first-order valence-electron chi connectivity index (χ1n) is 3.06. The summed E-state index contributed by atoms with van der Waals surface area (Å²) in [5, 5.41) is 0. The fraction of sp³-hybridized carbons (Fsp3) is 0. The van der Waals surface area contributed by atoms with E-state index in [1.165, 1.54) is 24.3 Å². The molecule has 12 heavy (non-hydrogen) atoms. The molecule has 64 valence electrons. The van der Waals surface area contributed by atoms with Crippen molar-refractivity contribution >= 4 is 17.9 Å². The Morgan fingerprint density at radius 2 is 2.00 bits per heavy atom.